The summed E-state index contributed by atoms with van der Waals surface area (Å²) in [5.74, 6) is -0.303. The Morgan fingerprint density at radius 2 is 2.11 bits per heavy atom. The Kier molecular flexibility index (Phi) is 3.18. The smallest absolute Gasteiger partial charge is 0.311 e. The summed E-state index contributed by atoms with van der Waals surface area (Å²) in [7, 11) is 0. The van der Waals surface area contributed by atoms with Gasteiger partial charge in [0.15, 0.2) is 0 Å². The highest BCUT2D eigenvalue weighted by Gasteiger charge is 2.15. The summed E-state index contributed by atoms with van der Waals surface area (Å²) in [6, 6.07) is 7.07. The molecule has 0 aliphatic carbocycles. The van der Waals surface area contributed by atoms with Crippen LogP contribution in [-0.4, -0.2) is 9.91 Å². The molecule has 0 atom stereocenters. The Balaban J connectivity index is 2.34. The van der Waals surface area contributed by atoms with Crippen LogP contribution >= 0.6 is 0 Å². The first kappa shape index (κ1) is 12.0. The van der Waals surface area contributed by atoms with Crippen molar-refractivity contribution >= 4 is 5.69 Å². The SMILES string of the molecule is Cc1ccc(Oc2ccc(F)nc2)c([N+](=O)[O-])c1. The van der Waals surface area contributed by atoms with Crippen molar-refractivity contribution in [3.8, 4) is 11.5 Å². The molecule has 0 fully saturated rings. The fourth-order valence-corrected chi connectivity index (χ4v) is 1.41. The lowest BCUT2D eigenvalue weighted by atomic mass is 10.2. The Morgan fingerprint density at radius 3 is 2.72 bits per heavy atom. The molecule has 18 heavy (non-hydrogen) atoms. The van der Waals surface area contributed by atoms with Gasteiger partial charge < -0.3 is 4.74 Å². The Morgan fingerprint density at radius 1 is 1.33 bits per heavy atom. The number of nitro groups is 1. The summed E-state index contributed by atoms with van der Waals surface area (Å²) in [5, 5.41) is 10.9. The number of nitrogens with zero attached hydrogens (tertiary/aromatic N) is 2. The minimum absolute atomic E-state index is 0.0963. The third-order valence-corrected chi connectivity index (χ3v) is 2.24. The Bertz CT molecular complexity index is 584. The molecule has 6 heteroatoms. The maximum Gasteiger partial charge on any atom is 0.311 e. The van der Waals surface area contributed by atoms with Crippen LogP contribution in [0.5, 0.6) is 11.5 Å². The van der Waals surface area contributed by atoms with Crippen LogP contribution in [0.1, 0.15) is 5.56 Å². The van der Waals surface area contributed by atoms with Crippen LogP contribution in [0.15, 0.2) is 36.5 Å². The number of nitro benzene ring substituents is 1. The highest BCUT2D eigenvalue weighted by atomic mass is 19.1. The second-order valence-corrected chi connectivity index (χ2v) is 3.65. The van der Waals surface area contributed by atoms with E-state index in [0.717, 1.165) is 11.6 Å². The molecule has 0 spiro atoms. The summed E-state index contributed by atoms with van der Waals surface area (Å²) in [6.45, 7) is 1.75. The molecule has 1 aromatic heterocycles. The first-order valence-electron chi connectivity index (χ1n) is 5.11. The van der Waals surface area contributed by atoms with Crippen LogP contribution in [0.25, 0.3) is 0 Å². The van der Waals surface area contributed by atoms with E-state index in [-0.39, 0.29) is 17.2 Å². The lowest BCUT2D eigenvalue weighted by Crippen LogP contribution is -1.94. The van der Waals surface area contributed by atoms with Crippen molar-refractivity contribution in [2.24, 2.45) is 0 Å². The van der Waals surface area contributed by atoms with Gasteiger partial charge in [-0.2, -0.15) is 4.39 Å². The van der Waals surface area contributed by atoms with Crippen molar-refractivity contribution in [2.75, 3.05) is 0 Å². The average molecular weight is 248 g/mol. The number of benzene rings is 1. The average Bonchev–Trinajstić information content (AvgIpc) is 2.34. The number of aromatic nitrogens is 1. The summed E-state index contributed by atoms with van der Waals surface area (Å²) in [4.78, 5) is 13.7. The molecule has 0 amide bonds. The Labute approximate surface area is 102 Å². The lowest BCUT2D eigenvalue weighted by molar-refractivity contribution is -0.385. The second kappa shape index (κ2) is 4.79. The number of aryl methyl sites for hydroxylation is 1. The van der Waals surface area contributed by atoms with Gasteiger partial charge in [0.25, 0.3) is 0 Å². The molecule has 0 saturated heterocycles. The predicted molar refractivity (Wildman–Crippen MR) is 62.1 cm³/mol. The van der Waals surface area contributed by atoms with E-state index in [0.29, 0.717) is 0 Å². The molecule has 2 aromatic rings. The van der Waals surface area contributed by atoms with E-state index in [9.17, 15) is 14.5 Å². The standard InChI is InChI=1S/C12H9FN2O3/c1-8-2-4-11(10(6-8)15(16)17)18-9-3-5-12(13)14-7-9/h2-7H,1H3. The number of pyridine rings is 1. The van der Waals surface area contributed by atoms with Gasteiger partial charge in [0.1, 0.15) is 5.75 Å². The molecule has 0 bridgehead atoms. The van der Waals surface area contributed by atoms with Gasteiger partial charge in [0.05, 0.1) is 11.1 Å². The fourth-order valence-electron chi connectivity index (χ4n) is 1.41. The maximum atomic E-state index is 12.6. The largest absolute Gasteiger partial charge is 0.449 e. The zero-order chi connectivity index (χ0) is 13.1. The summed E-state index contributed by atoms with van der Waals surface area (Å²) >= 11 is 0. The minimum atomic E-state index is -0.638. The van der Waals surface area contributed by atoms with Gasteiger partial charge in [0.2, 0.25) is 11.7 Å². The molecular weight excluding hydrogens is 239 g/mol. The van der Waals surface area contributed by atoms with E-state index in [1.165, 1.54) is 24.4 Å². The molecule has 0 unspecified atom stereocenters. The van der Waals surface area contributed by atoms with Gasteiger partial charge in [0, 0.05) is 6.07 Å². The minimum Gasteiger partial charge on any atom is -0.449 e. The molecule has 1 heterocycles. The number of rotatable bonds is 3. The van der Waals surface area contributed by atoms with Crippen LogP contribution in [-0.2, 0) is 0 Å². The van der Waals surface area contributed by atoms with Crippen molar-refractivity contribution < 1.29 is 14.1 Å². The van der Waals surface area contributed by atoms with Crippen molar-refractivity contribution in [1.82, 2.24) is 4.98 Å². The van der Waals surface area contributed by atoms with E-state index in [1.807, 2.05) is 0 Å². The van der Waals surface area contributed by atoms with Crippen LogP contribution in [0, 0.1) is 23.0 Å². The predicted octanol–water partition coefficient (Wildman–Crippen LogP) is 3.23. The summed E-state index contributed by atoms with van der Waals surface area (Å²) < 4.78 is 17.9. The molecule has 0 aliphatic heterocycles. The molecule has 2 rings (SSSR count). The monoisotopic (exact) mass is 248 g/mol. The van der Waals surface area contributed by atoms with Crippen LogP contribution in [0.3, 0.4) is 0 Å². The zero-order valence-electron chi connectivity index (χ0n) is 9.46. The van der Waals surface area contributed by atoms with Crippen LogP contribution in [0.2, 0.25) is 0 Å². The topological polar surface area (TPSA) is 65.3 Å². The molecule has 0 radical (unpaired) electrons. The lowest BCUT2D eigenvalue weighted by Gasteiger charge is -2.06. The summed E-state index contributed by atoms with van der Waals surface area (Å²) in [5.41, 5.74) is 0.616. The molecule has 92 valence electrons. The van der Waals surface area contributed by atoms with Crippen molar-refractivity contribution in [3.05, 3.63) is 58.2 Å². The van der Waals surface area contributed by atoms with Gasteiger partial charge in [-0.15, -0.1) is 0 Å². The zero-order valence-corrected chi connectivity index (χ0v) is 9.46. The molecule has 1 aromatic carbocycles. The van der Waals surface area contributed by atoms with Gasteiger partial charge in [-0.3, -0.25) is 10.1 Å². The summed E-state index contributed by atoms with van der Waals surface area (Å²) in [6.07, 6.45) is 1.17. The number of halogens is 1. The first-order chi connectivity index (χ1) is 8.56. The first-order valence-corrected chi connectivity index (χ1v) is 5.11. The molecule has 0 aliphatic rings. The van der Waals surface area contributed by atoms with Crippen molar-refractivity contribution in [2.45, 2.75) is 6.92 Å². The molecule has 0 saturated carbocycles. The molecule has 0 N–H and O–H groups in total. The molecule has 5 nitrogen and oxygen atoms in total. The van der Waals surface area contributed by atoms with Crippen LogP contribution in [0.4, 0.5) is 10.1 Å². The fraction of sp³-hybridized carbons (Fsp3) is 0.0833. The normalized spacial score (nSPS) is 10.1. The number of ether oxygens (including phenoxy) is 1. The third kappa shape index (κ3) is 2.60. The highest BCUT2D eigenvalue weighted by Crippen LogP contribution is 2.31. The van der Waals surface area contributed by atoms with Gasteiger partial charge >= 0.3 is 5.69 Å². The Hall–Kier alpha value is -2.50. The van der Waals surface area contributed by atoms with Gasteiger partial charge in [-0.25, -0.2) is 4.98 Å². The van der Waals surface area contributed by atoms with E-state index >= 15 is 0 Å². The highest BCUT2D eigenvalue weighted by molar-refractivity contribution is 5.50. The van der Waals surface area contributed by atoms with Crippen LogP contribution < -0.4 is 4.74 Å². The maximum absolute atomic E-state index is 12.6. The van der Waals surface area contributed by atoms with Crippen molar-refractivity contribution in [1.29, 1.82) is 0 Å². The van der Waals surface area contributed by atoms with E-state index in [4.69, 9.17) is 4.74 Å². The van der Waals surface area contributed by atoms with Gasteiger partial charge in [-0.1, -0.05) is 6.07 Å². The third-order valence-electron chi connectivity index (χ3n) is 2.24. The van der Waals surface area contributed by atoms with E-state index in [1.54, 1.807) is 13.0 Å². The molecular formula is C12H9FN2O3. The van der Waals surface area contributed by atoms with Crippen molar-refractivity contribution in [3.63, 3.8) is 0 Å². The quantitative estimate of drug-likeness (QED) is 0.475. The van der Waals surface area contributed by atoms with Gasteiger partial charge in [-0.05, 0) is 30.7 Å². The second-order valence-electron chi connectivity index (χ2n) is 3.65. The number of hydrogen-bond acceptors (Lipinski definition) is 4. The number of hydrogen-bond donors (Lipinski definition) is 0. The van der Waals surface area contributed by atoms with E-state index < -0.39 is 10.9 Å². The van der Waals surface area contributed by atoms with E-state index in [2.05, 4.69) is 4.98 Å².